The second-order valence-electron chi connectivity index (χ2n) is 5.64. The molecule has 1 amide bonds. The number of aromatic nitrogens is 2. The summed E-state index contributed by atoms with van der Waals surface area (Å²) >= 11 is 3.34. The summed E-state index contributed by atoms with van der Waals surface area (Å²) < 4.78 is 0.853. The SMILES string of the molecule is CC(C)(C)Nc1ccc(NC(=O)c2cccc(Br)c2)nn1. The molecule has 0 unspecified atom stereocenters. The van der Waals surface area contributed by atoms with Gasteiger partial charge in [0.05, 0.1) is 0 Å². The molecule has 110 valence electrons. The number of carbonyl (C=O) groups excluding carboxylic acids is 1. The van der Waals surface area contributed by atoms with Crippen LogP contribution in [0.5, 0.6) is 0 Å². The van der Waals surface area contributed by atoms with E-state index in [4.69, 9.17) is 0 Å². The van der Waals surface area contributed by atoms with Crippen molar-refractivity contribution in [2.45, 2.75) is 26.3 Å². The first kappa shape index (κ1) is 15.4. The third kappa shape index (κ3) is 4.82. The van der Waals surface area contributed by atoms with Crippen molar-refractivity contribution >= 4 is 33.5 Å². The fourth-order valence-electron chi connectivity index (χ4n) is 1.67. The number of nitrogens with zero attached hydrogens (tertiary/aromatic N) is 2. The largest absolute Gasteiger partial charge is 0.364 e. The zero-order valence-electron chi connectivity index (χ0n) is 12.1. The van der Waals surface area contributed by atoms with Crippen molar-refractivity contribution in [3.05, 3.63) is 46.4 Å². The quantitative estimate of drug-likeness (QED) is 0.887. The van der Waals surface area contributed by atoms with Gasteiger partial charge < -0.3 is 10.6 Å². The minimum atomic E-state index is -0.220. The van der Waals surface area contributed by atoms with Crippen LogP contribution in [0, 0.1) is 0 Å². The van der Waals surface area contributed by atoms with E-state index in [2.05, 4.69) is 36.8 Å². The molecule has 2 N–H and O–H groups in total. The van der Waals surface area contributed by atoms with E-state index in [-0.39, 0.29) is 11.4 Å². The number of anilines is 2. The van der Waals surface area contributed by atoms with Crippen LogP contribution in [0.25, 0.3) is 0 Å². The maximum Gasteiger partial charge on any atom is 0.256 e. The van der Waals surface area contributed by atoms with Crippen molar-refractivity contribution in [1.82, 2.24) is 10.2 Å². The molecule has 0 aliphatic rings. The number of hydrogen-bond donors (Lipinski definition) is 2. The molecule has 0 radical (unpaired) electrons. The Morgan fingerprint density at radius 3 is 2.33 bits per heavy atom. The minimum absolute atomic E-state index is 0.0875. The fraction of sp³-hybridized carbons (Fsp3) is 0.267. The van der Waals surface area contributed by atoms with Gasteiger partial charge in [-0.15, -0.1) is 10.2 Å². The summed E-state index contributed by atoms with van der Waals surface area (Å²) in [6, 6.07) is 10.7. The van der Waals surface area contributed by atoms with E-state index in [0.29, 0.717) is 17.2 Å². The van der Waals surface area contributed by atoms with Crippen LogP contribution < -0.4 is 10.6 Å². The number of amides is 1. The van der Waals surface area contributed by atoms with Gasteiger partial charge in [0.15, 0.2) is 5.82 Å². The monoisotopic (exact) mass is 348 g/mol. The molecule has 1 heterocycles. The molecule has 2 rings (SSSR count). The van der Waals surface area contributed by atoms with Gasteiger partial charge >= 0.3 is 0 Å². The molecule has 1 aromatic carbocycles. The van der Waals surface area contributed by atoms with Gasteiger partial charge in [0.2, 0.25) is 0 Å². The second-order valence-corrected chi connectivity index (χ2v) is 6.56. The van der Waals surface area contributed by atoms with Crippen LogP contribution in [0.15, 0.2) is 40.9 Å². The minimum Gasteiger partial charge on any atom is -0.364 e. The van der Waals surface area contributed by atoms with Crippen LogP contribution in [0.1, 0.15) is 31.1 Å². The van der Waals surface area contributed by atoms with Gasteiger partial charge in [-0.05, 0) is 51.1 Å². The maximum atomic E-state index is 12.1. The highest BCUT2D eigenvalue weighted by molar-refractivity contribution is 9.10. The molecule has 21 heavy (non-hydrogen) atoms. The van der Waals surface area contributed by atoms with E-state index in [9.17, 15) is 4.79 Å². The summed E-state index contributed by atoms with van der Waals surface area (Å²) in [6.07, 6.45) is 0. The number of carbonyl (C=O) groups is 1. The van der Waals surface area contributed by atoms with Crippen LogP contribution in [0.2, 0.25) is 0 Å². The molecular weight excluding hydrogens is 332 g/mol. The van der Waals surface area contributed by atoms with Crippen LogP contribution in [-0.4, -0.2) is 21.6 Å². The zero-order chi connectivity index (χ0) is 15.5. The predicted molar refractivity (Wildman–Crippen MR) is 87.5 cm³/mol. The van der Waals surface area contributed by atoms with Crippen molar-refractivity contribution in [3.8, 4) is 0 Å². The molecule has 0 saturated carbocycles. The number of benzene rings is 1. The predicted octanol–water partition coefficient (Wildman–Crippen LogP) is 3.70. The highest BCUT2D eigenvalue weighted by Gasteiger charge is 2.11. The standard InChI is InChI=1S/C15H17BrN4O/c1-15(2,3)18-13-8-7-12(19-20-13)17-14(21)10-5-4-6-11(16)9-10/h4-9H,1-3H3,(H,18,20)(H,17,19,21). The first-order valence-corrected chi connectivity index (χ1v) is 7.32. The maximum absolute atomic E-state index is 12.1. The summed E-state index contributed by atoms with van der Waals surface area (Å²) in [7, 11) is 0. The van der Waals surface area contributed by atoms with Crippen molar-refractivity contribution < 1.29 is 4.79 Å². The molecule has 2 aromatic rings. The Labute approximate surface area is 132 Å². The highest BCUT2D eigenvalue weighted by Crippen LogP contribution is 2.15. The molecule has 6 heteroatoms. The normalized spacial score (nSPS) is 11.0. The number of rotatable bonds is 3. The highest BCUT2D eigenvalue weighted by atomic mass is 79.9. The molecule has 5 nitrogen and oxygen atoms in total. The van der Waals surface area contributed by atoms with Crippen molar-refractivity contribution in [3.63, 3.8) is 0 Å². The summed E-state index contributed by atoms with van der Waals surface area (Å²) in [5.41, 5.74) is 0.471. The molecule has 0 bridgehead atoms. The van der Waals surface area contributed by atoms with Crippen molar-refractivity contribution in [2.75, 3.05) is 10.6 Å². The average molecular weight is 349 g/mol. The van der Waals surface area contributed by atoms with Gasteiger partial charge in [-0.25, -0.2) is 0 Å². The lowest BCUT2D eigenvalue weighted by Crippen LogP contribution is -2.26. The molecule has 0 atom stereocenters. The molecule has 1 aromatic heterocycles. The average Bonchev–Trinajstić information content (AvgIpc) is 2.39. The third-order valence-corrected chi connectivity index (χ3v) is 2.99. The topological polar surface area (TPSA) is 66.9 Å². The summed E-state index contributed by atoms with van der Waals surface area (Å²) in [5.74, 6) is 0.865. The van der Waals surface area contributed by atoms with Crippen LogP contribution >= 0.6 is 15.9 Å². The Bertz CT molecular complexity index is 635. The van der Waals surface area contributed by atoms with Crippen LogP contribution in [-0.2, 0) is 0 Å². The van der Waals surface area contributed by atoms with Gasteiger partial charge in [0.25, 0.3) is 5.91 Å². The molecule has 0 fully saturated rings. The Morgan fingerprint density at radius 1 is 1.10 bits per heavy atom. The molecule has 0 saturated heterocycles. The smallest absolute Gasteiger partial charge is 0.256 e. The fourth-order valence-corrected chi connectivity index (χ4v) is 2.07. The Balaban J connectivity index is 2.05. The van der Waals surface area contributed by atoms with Crippen LogP contribution in [0.3, 0.4) is 0 Å². The van der Waals surface area contributed by atoms with Gasteiger partial charge in [0.1, 0.15) is 5.82 Å². The molecule has 0 aliphatic carbocycles. The van der Waals surface area contributed by atoms with E-state index in [1.807, 2.05) is 26.8 Å². The summed E-state index contributed by atoms with van der Waals surface area (Å²) in [6.45, 7) is 6.12. The van der Waals surface area contributed by atoms with Crippen molar-refractivity contribution in [1.29, 1.82) is 0 Å². The van der Waals surface area contributed by atoms with Crippen molar-refractivity contribution in [2.24, 2.45) is 0 Å². The molecular formula is C15H17BrN4O. The number of nitrogens with one attached hydrogen (secondary N) is 2. The van der Waals surface area contributed by atoms with Gasteiger partial charge in [-0.3, -0.25) is 4.79 Å². The van der Waals surface area contributed by atoms with E-state index < -0.39 is 0 Å². The lowest BCUT2D eigenvalue weighted by molar-refractivity contribution is 0.102. The summed E-state index contributed by atoms with van der Waals surface area (Å²) in [4.78, 5) is 12.1. The molecule has 0 aliphatic heterocycles. The first-order chi connectivity index (χ1) is 9.83. The van der Waals surface area contributed by atoms with Gasteiger partial charge in [-0.1, -0.05) is 22.0 Å². The lowest BCUT2D eigenvalue weighted by Gasteiger charge is -2.20. The second kappa shape index (κ2) is 6.22. The Kier molecular flexibility index (Phi) is 4.57. The lowest BCUT2D eigenvalue weighted by atomic mass is 10.1. The van der Waals surface area contributed by atoms with Crippen LogP contribution in [0.4, 0.5) is 11.6 Å². The third-order valence-electron chi connectivity index (χ3n) is 2.50. The van der Waals surface area contributed by atoms with E-state index in [1.165, 1.54) is 0 Å². The number of halogens is 1. The van der Waals surface area contributed by atoms with E-state index in [1.54, 1.807) is 30.3 Å². The van der Waals surface area contributed by atoms with E-state index >= 15 is 0 Å². The molecule has 0 spiro atoms. The summed E-state index contributed by atoms with van der Waals surface area (Å²) in [5, 5.41) is 14.0. The zero-order valence-corrected chi connectivity index (χ0v) is 13.7. The van der Waals surface area contributed by atoms with Gasteiger partial charge in [0, 0.05) is 15.6 Å². The Hall–Kier alpha value is -1.95. The van der Waals surface area contributed by atoms with E-state index in [0.717, 1.165) is 4.47 Å². The number of hydrogen-bond acceptors (Lipinski definition) is 4. The Morgan fingerprint density at radius 2 is 1.76 bits per heavy atom. The van der Waals surface area contributed by atoms with Gasteiger partial charge in [-0.2, -0.15) is 0 Å². The first-order valence-electron chi connectivity index (χ1n) is 6.52.